The summed E-state index contributed by atoms with van der Waals surface area (Å²) in [5.74, 6) is -0.910. The van der Waals surface area contributed by atoms with Crippen molar-refractivity contribution in [2.45, 2.75) is 54.4 Å². The summed E-state index contributed by atoms with van der Waals surface area (Å²) < 4.78 is 5.00. The number of aromatic nitrogens is 1. The van der Waals surface area contributed by atoms with Gasteiger partial charge in [0.2, 0.25) is 0 Å². The molecule has 0 aliphatic heterocycles. The first-order chi connectivity index (χ1) is 12.8. The second kappa shape index (κ2) is 11.1. The predicted molar refractivity (Wildman–Crippen MR) is 108 cm³/mol. The van der Waals surface area contributed by atoms with Crippen LogP contribution in [0.3, 0.4) is 0 Å². The highest BCUT2D eigenvalue weighted by atomic mass is 16.5. The van der Waals surface area contributed by atoms with Gasteiger partial charge in [-0.2, -0.15) is 5.10 Å². The summed E-state index contributed by atoms with van der Waals surface area (Å²) in [5, 5.41) is 3.94. The minimum Gasteiger partial charge on any atom is -0.462 e. The van der Waals surface area contributed by atoms with E-state index in [-0.39, 0.29) is 12.2 Å². The molecule has 1 aromatic rings. The van der Waals surface area contributed by atoms with Crippen LogP contribution in [0.15, 0.2) is 34.5 Å². The van der Waals surface area contributed by atoms with Crippen LogP contribution >= 0.6 is 0 Å². The molecule has 0 saturated heterocycles. The van der Waals surface area contributed by atoms with E-state index >= 15 is 0 Å². The van der Waals surface area contributed by atoms with Gasteiger partial charge < -0.3 is 4.74 Å². The van der Waals surface area contributed by atoms with Gasteiger partial charge in [-0.15, -0.1) is 0 Å². The molecule has 1 amide bonds. The van der Waals surface area contributed by atoms with Crippen molar-refractivity contribution >= 4 is 18.1 Å². The molecule has 146 valence electrons. The van der Waals surface area contributed by atoms with Crippen LogP contribution in [0, 0.1) is 13.8 Å². The monoisotopic (exact) mass is 371 g/mol. The number of rotatable bonds is 8. The summed E-state index contributed by atoms with van der Waals surface area (Å²) in [6.45, 7) is 11.6. The van der Waals surface area contributed by atoms with E-state index in [1.165, 1.54) is 17.2 Å². The van der Waals surface area contributed by atoms with E-state index in [1.807, 2.05) is 13.0 Å². The van der Waals surface area contributed by atoms with Crippen molar-refractivity contribution in [3.05, 3.63) is 51.9 Å². The van der Waals surface area contributed by atoms with E-state index in [2.05, 4.69) is 35.4 Å². The molecule has 0 radical (unpaired) electrons. The number of pyridine rings is 1. The zero-order valence-electron chi connectivity index (χ0n) is 17.0. The molecule has 1 heterocycles. The topological polar surface area (TPSA) is 80.7 Å². The third-order valence-corrected chi connectivity index (χ3v) is 3.83. The van der Waals surface area contributed by atoms with Gasteiger partial charge in [-0.3, -0.25) is 9.78 Å². The molecule has 0 aromatic carbocycles. The van der Waals surface area contributed by atoms with E-state index in [0.717, 1.165) is 12.8 Å². The maximum absolute atomic E-state index is 12.4. The molecule has 0 spiro atoms. The number of aryl methyl sites for hydroxylation is 2. The highest BCUT2D eigenvalue weighted by Gasteiger charge is 2.17. The van der Waals surface area contributed by atoms with Gasteiger partial charge >= 0.3 is 5.97 Å². The van der Waals surface area contributed by atoms with Crippen LogP contribution in [0.4, 0.5) is 0 Å². The maximum Gasteiger partial charge on any atom is 0.339 e. The molecule has 1 rings (SSSR count). The first-order valence-electron chi connectivity index (χ1n) is 9.04. The number of nitrogens with one attached hydrogen (secondary N) is 1. The van der Waals surface area contributed by atoms with Crippen molar-refractivity contribution in [1.29, 1.82) is 0 Å². The molecule has 6 nitrogen and oxygen atoms in total. The van der Waals surface area contributed by atoms with E-state index < -0.39 is 11.9 Å². The molecule has 0 unspecified atom stereocenters. The van der Waals surface area contributed by atoms with Crippen LogP contribution in [-0.4, -0.2) is 29.7 Å². The largest absolute Gasteiger partial charge is 0.462 e. The number of ether oxygens (including phenoxy) is 1. The average molecular weight is 371 g/mol. The minimum atomic E-state index is -0.491. The Morgan fingerprint density at radius 2 is 1.85 bits per heavy atom. The van der Waals surface area contributed by atoms with Crippen LogP contribution in [0.1, 0.15) is 72.6 Å². The van der Waals surface area contributed by atoms with Crippen LogP contribution in [0.5, 0.6) is 0 Å². The van der Waals surface area contributed by atoms with Crippen molar-refractivity contribution in [1.82, 2.24) is 10.4 Å². The van der Waals surface area contributed by atoms with Gasteiger partial charge in [0.1, 0.15) is 0 Å². The lowest BCUT2D eigenvalue weighted by Gasteiger charge is -2.09. The molecule has 0 aliphatic rings. The fourth-order valence-electron chi connectivity index (χ4n) is 2.36. The van der Waals surface area contributed by atoms with Gasteiger partial charge in [-0.05, 0) is 66.5 Å². The highest BCUT2D eigenvalue weighted by molar-refractivity contribution is 5.99. The lowest BCUT2D eigenvalue weighted by atomic mass is 10.1. The normalized spacial score (nSPS) is 11.4. The van der Waals surface area contributed by atoms with Gasteiger partial charge in [0.15, 0.2) is 0 Å². The summed E-state index contributed by atoms with van der Waals surface area (Å²) >= 11 is 0. The lowest BCUT2D eigenvalue weighted by Crippen LogP contribution is -2.21. The number of amides is 1. The molecule has 27 heavy (non-hydrogen) atoms. The molecule has 0 saturated carbocycles. The first kappa shape index (κ1) is 22.3. The third kappa shape index (κ3) is 7.56. The van der Waals surface area contributed by atoms with Crippen LogP contribution in [0.25, 0.3) is 0 Å². The number of hydrazone groups is 1. The molecule has 0 atom stereocenters. The number of allylic oxidation sites excluding steroid dienone is 4. The van der Waals surface area contributed by atoms with Crippen molar-refractivity contribution in [2.24, 2.45) is 5.10 Å². The van der Waals surface area contributed by atoms with Gasteiger partial charge in [-0.25, -0.2) is 10.2 Å². The van der Waals surface area contributed by atoms with Gasteiger partial charge in [0.25, 0.3) is 5.91 Å². The van der Waals surface area contributed by atoms with Gasteiger partial charge in [0, 0.05) is 6.21 Å². The number of esters is 1. The number of carbonyl (C=O) groups excluding carboxylic acids is 2. The number of nitrogens with zero attached hydrogens (tertiary/aromatic N) is 2. The number of carbonyl (C=O) groups is 2. The SMILES string of the molecule is CCOC(=O)c1cc(C(=O)NN=CC=C(C)CCC=C(C)C)c(C)nc1C. The van der Waals surface area contributed by atoms with Crippen LogP contribution < -0.4 is 5.43 Å². The van der Waals surface area contributed by atoms with E-state index in [1.54, 1.807) is 27.0 Å². The zero-order valence-corrected chi connectivity index (χ0v) is 17.0. The lowest BCUT2D eigenvalue weighted by molar-refractivity contribution is 0.0525. The van der Waals surface area contributed by atoms with E-state index in [9.17, 15) is 9.59 Å². The van der Waals surface area contributed by atoms with Crippen LogP contribution in [-0.2, 0) is 4.74 Å². The Bertz CT molecular complexity index is 773. The Morgan fingerprint density at radius 3 is 2.48 bits per heavy atom. The standard InChI is InChI=1S/C21H29N3O3/c1-7-27-21(26)19-13-18(16(5)23-17(19)6)20(25)24-22-12-11-15(4)10-8-9-14(2)3/h9,11-13H,7-8,10H2,1-6H3,(H,24,25). The van der Waals surface area contributed by atoms with Crippen LogP contribution in [0.2, 0.25) is 0 Å². The van der Waals surface area contributed by atoms with Gasteiger partial charge in [-0.1, -0.05) is 17.2 Å². The smallest absolute Gasteiger partial charge is 0.339 e. The second-order valence-electron chi connectivity index (χ2n) is 6.53. The molecular weight excluding hydrogens is 342 g/mol. The first-order valence-corrected chi connectivity index (χ1v) is 9.04. The third-order valence-electron chi connectivity index (χ3n) is 3.83. The summed E-state index contributed by atoms with van der Waals surface area (Å²) in [7, 11) is 0. The molecule has 0 aliphatic carbocycles. The molecular formula is C21H29N3O3. The van der Waals surface area contributed by atoms with Crippen molar-refractivity contribution < 1.29 is 14.3 Å². The summed E-state index contributed by atoms with van der Waals surface area (Å²) in [4.78, 5) is 28.6. The summed E-state index contributed by atoms with van der Waals surface area (Å²) in [6.07, 6.45) is 7.53. The highest BCUT2D eigenvalue weighted by Crippen LogP contribution is 2.14. The number of hydrogen-bond donors (Lipinski definition) is 1. The Hall–Kier alpha value is -2.76. The van der Waals surface area contributed by atoms with Crippen molar-refractivity contribution in [3.63, 3.8) is 0 Å². The quantitative estimate of drug-likeness (QED) is 0.320. The van der Waals surface area contributed by atoms with E-state index in [4.69, 9.17) is 4.74 Å². The summed E-state index contributed by atoms with van der Waals surface area (Å²) in [5.41, 5.74) is 6.58. The Labute approximate surface area is 161 Å². The zero-order chi connectivity index (χ0) is 20.4. The maximum atomic E-state index is 12.4. The predicted octanol–water partition coefficient (Wildman–Crippen LogP) is 4.28. The Kier molecular flexibility index (Phi) is 9.13. The van der Waals surface area contributed by atoms with Crippen molar-refractivity contribution in [3.8, 4) is 0 Å². The van der Waals surface area contributed by atoms with Gasteiger partial charge in [0.05, 0.1) is 29.1 Å². The number of hydrogen-bond acceptors (Lipinski definition) is 5. The molecule has 6 heteroatoms. The van der Waals surface area contributed by atoms with E-state index in [0.29, 0.717) is 17.0 Å². The fourth-order valence-corrected chi connectivity index (χ4v) is 2.36. The Balaban J connectivity index is 2.78. The molecule has 1 N–H and O–H groups in total. The summed E-state index contributed by atoms with van der Waals surface area (Å²) in [6, 6.07) is 1.50. The molecule has 0 fully saturated rings. The second-order valence-corrected chi connectivity index (χ2v) is 6.53. The fraction of sp³-hybridized carbons (Fsp3) is 0.429. The van der Waals surface area contributed by atoms with Crippen molar-refractivity contribution in [2.75, 3.05) is 6.61 Å². The minimum absolute atomic E-state index is 0.261. The molecule has 0 bridgehead atoms. The Morgan fingerprint density at radius 1 is 1.19 bits per heavy atom. The average Bonchev–Trinajstić information content (AvgIpc) is 2.58. The molecule has 1 aromatic heterocycles.